The highest BCUT2D eigenvalue weighted by molar-refractivity contribution is 5.99. The maximum absolute atomic E-state index is 12.7. The summed E-state index contributed by atoms with van der Waals surface area (Å²) < 4.78 is 16.6. The number of hydrogen-bond acceptors (Lipinski definition) is 5. The number of ether oxygens (including phenoxy) is 2. The molecule has 3 rings (SSSR count). The van der Waals surface area contributed by atoms with Gasteiger partial charge in [0.15, 0.2) is 0 Å². The zero-order valence-electron chi connectivity index (χ0n) is 15.4. The highest BCUT2D eigenvalue weighted by atomic mass is 16.5. The molecule has 0 radical (unpaired) electrons. The van der Waals surface area contributed by atoms with Gasteiger partial charge in [-0.1, -0.05) is 0 Å². The van der Waals surface area contributed by atoms with Gasteiger partial charge < -0.3 is 23.9 Å². The van der Waals surface area contributed by atoms with Gasteiger partial charge in [-0.2, -0.15) is 0 Å². The van der Waals surface area contributed by atoms with Crippen molar-refractivity contribution < 1.29 is 28.6 Å². The van der Waals surface area contributed by atoms with Crippen LogP contribution in [0.1, 0.15) is 34.4 Å². The Labute approximate surface area is 156 Å². The normalized spacial score (nSPS) is 12.6. The maximum atomic E-state index is 12.7. The highest BCUT2D eigenvalue weighted by Crippen LogP contribution is 2.31. The lowest BCUT2D eigenvalue weighted by Crippen LogP contribution is -2.30. The number of nitrogens with zero attached hydrogens (tertiary/aromatic N) is 1. The molecule has 1 aliphatic rings. The minimum atomic E-state index is -1.05. The molecule has 7 heteroatoms. The summed E-state index contributed by atoms with van der Waals surface area (Å²) >= 11 is 0. The van der Waals surface area contributed by atoms with Crippen molar-refractivity contribution in [1.29, 1.82) is 0 Å². The van der Waals surface area contributed by atoms with E-state index in [1.54, 1.807) is 26.1 Å². The number of likely N-dealkylation sites (N-methyl/N-ethyl adjacent to an activating group) is 1. The number of fused-ring (bicyclic) bond motifs is 1. The SMILES string of the molecule is CCOc1ccc2c(c1)OCC(C(=O)N(C)Cc1cc(C(=O)O)c(C)o1)=C2. The molecular formula is C20H21NO6. The summed E-state index contributed by atoms with van der Waals surface area (Å²) in [6.07, 6.45) is 1.80. The van der Waals surface area contributed by atoms with Crippen molar-refractivity contribution in [2.45, 2.75) is 20.4 Å². The van der Waals surface area contributed by atoms with E-state index in [9.17, 15) is 9.59 Å². The van der Waals surface area contributed by atoms with Crippen molar-refractivity contribution in [3.05, 3.63) is 52.5 Å². The topological polar surface area (TPSA) is 89.2 Å². The van der Waals surface area contributed by atoms with Crippen LogP contribution in [-0.4, -0.2) is 42.1 Å². The Hall–Kier alpha value is -3.22. The van der Waals surface area contributed by atoms with Crippen molar-refractivity contribution in [2.24, 2.45) is 0 Å². The molecule has 1 amide bonds. The Morgan fingerprint density at radius 1 is 1.30 bits per heavy atom. The van der Waals surface area contributed by atoms with Gasteiger partial charge in [0.05, 0.1) is 18.7 Å². The average Bonchev–Trinajstić information content (AvgIpc) is 3.01. The lowest BCUT2D eigenvalue weighted by molar-refractivity contribution is -0.126. The highest BCUT2D eigenvalue weighted by Gasteiger charge is 2.22. The number of aromatic carboxylic acids is 1. The second-order valence-electron chi connectivity index (χ2n) is 6.24. The van der Waals surface area contributed by atoms with E-state index in [0.717, 1.165) is 11.3 Å². The number of carboxylic acid groups (broad SMARTS) is 1. The molecule has 1 N–H and O–H groups in total. The quantitative estimate of drug-likeness (QED) is 0.839. The van der Waals surface area contributed by atoms with Crippen LogP contribution in [0.5, 0.6) is 11.5 Å². The number of carbonyl (C=O) groups is 2. The summed E-state index contributed by atoms with van der Waals surface area (Å²) in [6, 6.07) is 6.93. The van der Waals surface area contributed by atoms with Crippen LogP contribution in [0.4, 0.5) is 0 Å². The molecule has 0 fully saturated rings. The number of hydrogen-bond donors (Lipinski definition) is 1. The summed E-state index contributed by atoms with van der Waals surface area (Å²) in [7, 11) is 1.63. The molecule has 7 nitrogen and oxygen atoms in total. The molecule has 0 bridgehead atoms. The fourth-order valence-electron chi connectivity index (χ4n) is 2.91. The molecule has 142 valence electrons. The van der Waals surface area contributed by atoms with Crippen LogP contribution in [0, 0.1) is 6.92 Å². The zero-order chi connectivity index (χ0) is 19.6. The monoisotopic (exact) mass is 371 g/mol. The second-order valence-corrected chi connectivity index (χ2v) is 6.24. The molecule has 0 saturated carbocycles. The lowest BCUT2D eigenvalue weighted by Gasteiger charge is -2.22. The van der Waals surface area contributed by atoms with Gasteiger partial charge in [-0.05, 0) is 38.1 Å². The molecule has 0 saturated heterocycles. The number of carboxylic acids is 1. The number of rotatable bonds is 6. The summed E-state index contributed by atoms with van der Waals surface area (Å²) in [5.74, 6) is 0.868. The van der Waals surface area contributed by atoms with E-state index in [0.29, 0.717) is 29.4 Å². The standard InChI is InChI=1S/C20H21NO6/c1-4-25-15-6-5-13-7-14(11-26-18(13)9-15)19(22)21(3)10-16-8-17(20(23)24)12(2)27-16/h5-9H,4,10-11H2,1-3H3,(H,23,24). The number of furan rings is 1. The first-order chi connectivity index (χ1) is 12.9. The van der Waals surface area contributed by atoms with E-state index < -0.39 is 5.97 Å². The van der Waals surface area contributed by atoms with Crippen molar-refractivity contribution in [3.8, 4) is 11.5 Å². The van der Waals surface area contributed by atoms with Crippen LogP contribution >= 0.6 is 0 Å². The van der Waals surface area contributed by atoms with Crippen molar-refractivity contribution >= 4 is 18.0 Å². The van der Waals surface area contributed by atoms with Gasteiger partial charge in [0.25, 0.3) is 5.91 Å². The average molecular weight is 371 g/mol. The van der Waals surface area contributed by atoms with Gasteiger partial charge in [-0.3, -0.25) is 4.79 Å². The Morgan fingerprint density at radius 2 is 2.07 bits per heavy atom. The fourth-order valence-corrected chi connectivity index (χ4v) is 2.91. The van der Waals surface area contributed by atoms with Crippen LogP contribution in [0.3, 0.4) is 0 Å². The maximum Gasteiger partial charge on any atom is 0.339 e. The molecule has 2 heterocycles. The Bertz CT molecular complexity index is 911. The van der Waals surface area contributed by atoms with Gasteiger partial charge in [0.1, 0.15) is 35.2 Å². The van der Waals surface area contributed by atoms with Gasteiger partial charge in [-0.25, -0.2) is 4.79 Å². The smallest absolute Gasteiger partial charge is 0.339 e. The first-order valence-electron chi connectivity index (χ1n) is 8.57. The number of benzene rings is 1. The van der Waals surface area contributed by atoms with Gasteiger partial charge >= 0.3 is 5.97 Å². The third-order valence-electron chi connectivity index (χ3n) is 4.22. The minimum absolute atomic E-state index is 0.102. The van der Waals surface area contributed by atoms with E-state index in [2.05, 4.69) is 0 Å². The van der Waals surface area contributed by atoms with Crippen LogP contribution in [0.25, 0.3) is 6.08 Å². The predicted octanol–water partition coefficient (Wildman–Crippen LogP) is 3.12. The molecule has 2 aromatic rings. The van der Waals surface area contributed by atoms with E-state index in [1.165, 1.54) is 11.0 Å². The third kappa shape index (κ3) is 3.97. The van der Waals surface area contributed by atoms with Crippen molar-refractivity contribution in [1.82, 2.24) is 4.90 Å². The summed E-state index contributed by atoms with van der Waals surface area (Å²) in [5, 5.41) is 9.10. The number of carbonyl (C=O) groups excluding carboxylic acids is 1. The Kier molecular flexibility index (Phi) is 5.21. The first-order valence-corrected chi connectivity index (χ1v) is 8.57. The van der Waals surface area contributed by atoms with E-state index in [-0.39, 0.29) is 24.6 Å². The molecule has 27 heavy (non-hydrogen) atoms. The number of aryl methyl sites for hydroxylation is 1. The molecule has 0 atom stereocenters. The lowest BCUT2D eigenvalue weighted by atomic mass is 10.1. The van der Waals surface area contributed by atoms with E-state index >= 15 is 0 Å². The largest absolute Gasteiger partial charge is 0.494 e. The summed E-state index contributed by atoms with van der Waals surface area (Å²) in [6.45, 7) is 4.38. The molecule has 0 aliphatic carbocycles. The molecule has 1 aliphatic heterocycles. The minimum Gasteiger partial charge on any atom is -0.494 e. The Balaban J connectivity index is 1.73. The fraction of sp³-hybridized carbons (Fsp3) is 0.300. The van der Waals surface area contributed by atoms with Crippen LogP contribution < -0.4 is 9.47 Å². The molecule has 1 aromatic carbocycles. The number of amides is 1. The van der Waals surface area contributed by atoms with Crippen LogP contribution in [0.2, 0.25) is 0 Å². The molecular weight excluding hydrogens is 350 g/mol. The predicted molar refractivity (Wildman–Crippen MR) is 98.0 cm³/mol. The second kappa shape index (κ2) is 7.57. The van der Waals surface area contributed by atoms with Crippen LogP contribution in [-0.2, 0) is 11.3 Å². The summed E-state index contributed by atoms with van der Waals surface area (Å²) in [4.78, 5) is 25.3. The van der Waals surface area contributed by atoms with Gasteiger partial charge in [-0.15, -0.1) is 0 Å². The zero-order valence-corrected chi connectivity index (χ0v) is 15.4. The van der Waals surface area contributed by atoms with Crippen molar-refractivity contribution in [2.75, 3.05) is 20.3 Å². The molecule has 0 unspecified atom stereocenters. The first kappa shape index (κ1) is 18.6. The van der Waals surface area contributed by atoms with E-state index in [1.807, 2.05) is 19.1 Å². The van der Waals surface area contributed by atoms with Crippen LogP contribution in [0.15, 0.2) is 34.3 Å². The Morgan fingerprint density at radius 3 is 2.74 bits per heavy atom. The van der Waals surface area contributed by atoms with E-state index in [4.69, 9.17) is 19.0 Å². The molecule has 1 aromatic heterocycles. The van der Waals surface area contributed by atoms with Crippen molar-refractivity contribution in [3.63, 3.8) is 0 Å². The summed E-state index contributed by atoms with van der Waals surface area (Å²) in [5.41, 5.74) is 1.42. The molecule has 0 spiro atoms. The van der Waals surface area contributed by atoms with Gasteiger partial charge in [0, 0.05) is 18.7 Å². The van der Waals surface area contributed by atoms with Gasteiger partial charge in [0.2, 0.25) is 0 Å². The third-order valence-corrected chi connectivity index (χ3v) is 4.22.